The van der Waals surface area contributed by atoms with Crippen molar-refractivity contribution in [2.75, 3.05) is 7.11 Å². The molecule has 0 aliphatic heterocycles. The molecule has 0 saturated heterocycles. The highest BCUT2D eigenvalue weighted by Gasteiger charge is 2.19. The van der Waals surface area contributed by atoms with E-state index < -0.39 is 5.97 Å². The quantitative estimate of drug-likeness (QED) is 0.746. The molecule has 1 aromatic carbocycles. The van der Waals surface area contributed by atoms with Crippen LogP contribution in [0.3, 0.4) is 0 Å². The van der Waals surface area contributed by atoms with Gasteiger partial charge < -0.3 is 9.15 Å². The molecular formula is C10H6Br2O3. The van der Waals surface area contributed by atoms with Crippen LogP contribution in [0.5, 0.6) is 0 Å². The average molecular weight is 334 g/mol. The van der Waals surface area contributed by atoms with E-state index in [-0.39, 0.29) is 5.76 Å². The zero-order chi connectivity index (χ0) is 11.0. The number of furan rings is 1. The largest absolute Gasteiger partial charge is 0.463 e. The summed E-state index contributed by atoms with van der Waals surface area (Å²) in [6.45, 7) is 0. The first kappa shape index (κ1) is 10.7. The second-order valence-electron chi connectivity index (χ2n) is 2.88. The predicted octanol–water partition coefficient (Wildman–Crippen LogP) is 3.74. The molecule has 0 saturated carbocycles. The average Bonchev–Trinajstić information content (AvgIpc) is 2.55. The van der Waals surface area contributed by atoms with Crippen LogP contribution in [-0.2, 0) is 4.74 Å². The molecule has 3 nitrogen and oxygen atoms in total. The molecule has 0 aliphatic carbocycles. The lowest BCUT2D eigenvalue weighted by Gasteiger charge is -1.92. The number of esters is 1. The number of hydrogen-bond acceptors (Lipinski definition) is 3. The highest BCUT2D eigenvalue weighted by molar-refractivity contribution is 9.11. The van der Waals surface area contributed by atoms with Gasteiger partial charge in [0.1, 0.15) is 5.58 Å². The Hall–Kier alpha value is -0.810. The van der Waals surface area contributed by atoms with Crippen molar-refractivity contribution in [3.05, 3.63) is 32.9 Å². The van der Waals surface area contributed by atoms with Crippen molar-refractivity contribution in [3.63, 3.8) is 0 Å². The number of halogens is 2. The number of rotatable bonds is 1. The summed E-state index contributed by atoms with van der Waals surface area (Å²) in [7, 11) is 1.32. The van der Waals surface area contributed by atoms with E-state index in [4.69, 9.17) is 4.42 Å². The number of fused-ring (bicyclic) bond motifs is 1. The van der Waals surface area contributed by atoms with Gasteiger partial charge in [0.25, 0.3) is 0 Å². The van der Waals surface area contributed by atoms with E-state index in [1.54, 1.807) is 6.07 Å². The first-order valence-electron chi connectivity index (χ1n) is 4.09. The minimum Gasteiger partial charge on any atom is -0.463 e. The Morgan fingerprint density at radius 2 is 2.13 bits per heavy atom. The maximum atomic E-state index is 11.3. The van der Waals surface area contributed by atoms with Gasteiger partial charge in [-0.3, -0.25) is 0 Å². The number of ether oxygens (including phenoxy) is 1. The number of benzene rings is 1. The molecule has 5 heteroatoms. The van der Waals surface area contributed by atoms with Gasteiger partial charge in [0.15, 0.2) is 0 Å². The lowest BCUT2D eigenvalue weighted by Crippen LogP contribution is -1.99. The molecule has 1 heterocycles. The standard InChI is InChI=1S/C10H6Br2O3/c1-14-10(13)9-8(12)6-4-5(11)2-3-7(6)15-9/h2-4H,1H3. The van der Waals surface area contributed by atoms with Gasteiger partial charge >= 0.3 is 5.97 Å². The Balaban J connectivity index is 2.69. The van der Waals surface area contributed by atoms with Gasteiger partial charge in [-0.15, -0.1) is 0 Å². The van der Waals surface area contributed by atoms with E-state index in [1.807, 2.05) is 12.1 Å². The van der Waals surface area contributed by atoms with Crippen LogP contribution in [0.4, 0.5) is 0 Å². The van der Waals surface area contributed by atoms with Crippen LogP contribution >= 0.6 is 31.9 Å². The summed E-state index contributed by atoms with van der Waals surface area (Å²) < 4.78 is 11.5. The molecule has 0 atom stereocenters. The van der Waals surface area contributed by atoms with Crippen molar-refractivity contribution in [2.45, 2.75) is 0 Å². The van der Waals surface area contributed by atoms with Crippen molar-refractivity contribution in [3.8, 4) is 0 Å². The van der Waals surface area contributed by atoms with E-state index in [9.17, 15) is 4.79 Å². The summed E-state index contributed by atoms with van der Waals surface area (Å²) in [5.41, 5.74) is 0.644. The summed E-state index contributed by atoms with van der Waals surface area (Å²) in [6, 6.07) is 5.51. The monoisotopic (exact) mass is 332 g/mol. The fourth-order valence-corrected chi connectivity index (χ4v) is 2.18. The van der Waals surface area contributed by atoms with Gasteiger partial charge in [-0.1, -0.05) is 15.9 Å². The molecule has 0 spiro atoms. The van der Waals surface area contributed by atoms with Crippen LogP contribution in [0.25, 0.3) is 11.0 Å². The fraction of sp³-hybridized carbons (Fsp3) is 0.100. The molecule has 0 unspecified atom stereocenters. The SMILES string of the molecule is COC(=O)c1oc2ccc(Br)cc2c1Br. The second-order valence-corrected chi connectivity index (χ2v) is 4.59. The normalized spacial score (nSPS) is 10.6. The third-order valence-corrected chi connectivity index (χ3v) is 3.24. The summed E-state index contributed by atoms with van der Waals surface area (Å²) in [5, 5.41) is 0.838. The Morgan fingerprint density at radius 3 is 2.80 bits per heavy atom. The number of carbonyl (C=O) groups excluding carboxylic acids is 1. The third-order valence-electron chi connectivity index (χ3n) is 1.96. The molecular weight excluding hydrogens is 328 g/mol. The van der Waals surface area contributed by atoms with Crippen LogP contribution < -0.4 is 0 Å². The number of hydrogen-bond donors (Lipinski definition) is 0. The minimum absolute atomic E-state index is 0.186. The number of methoxy groups -OCH3 is 1. The summed E-state index contributed by atoms with van der Waals surface area (Å²) in [4.78, 5) is 11.3. The lowest BCUT2D eigenvalue weighted by atomic mass is 10.2. The first-order valence-corrected chi connectivity index (χ1v) is 5.68. The zero-order valence-corrected chi connectivity index (χ0v) is 10.9. The van der Waals surface area contributed by atoms with Crippen LogP contribution in [-0.4, -0.2) is 13.1 Å². The summed E-state index contributed by atoms with van der Waals surface area (Å²) >= 11 is 6.66. The Kier molecular flexibility index (Phi) is 2.84. The van der Waals surface area contributed by atoms with Crippen molar-refractivity contribution >= 4 is 48.8 Å². The maximum absolute atomic E-state index is 11.3. The second kappa shape index (κ2) is 3.98. The van der Waals surface area contributed by atoms with Crippen molar-refractivity contribution < 1.29 is 13.9 Å². The van der Waals surface area contributed by atoms with Gasteiger partial charge in [-0.05, 0) is 34.1 Å². The first-order chi connectivity index (χ1) is 7.13. The Morgan fingerprint density at radius 1 is 1.40 bits per heavy atom. The van der Waals surface area contributed by atoms with Crippen molar-refractivity contribution in [2.24, 2.45) is 0 Å². The maximum Gasteiger partial charge on any atom is 0.375 e. The summed E-state index contributed by atoms with van der Waals surface area (Å²) in [6.07, 6.45) is 0. The molecule has 0 fully saturated rings. The van der Waals surface area contributed by atoms with Crippen LogP contribution in [0.2, 0.25) is 0 Å². The fourth-order valence-electron chi connectivity index (χ4n) is 1.26. The molecule has 15 heavy (non-hydrogen) atoms. The van der Waals surface area contributed by atoms with Crippen LogP contribution in [0.1, 0.15) is 10.6 Å². The Labute approximate surface area is 103 Å². The zero-order valence-electron chi connectivity index (χ0n) is 7.71. The Bertz CT molecular complexity index is 531. The summed E-state index contributed by atoms with van der Waals surface area (Å²) in [5.74, 6) is -0.306. The van der Waals surface area contributed by atoms with Crippen molar-refractivity contribution in [1.82, 2.24) is 0 Å². The molecule has 78 valence electrons. The molecule has 0 amide bonds. The molecule has 2 rings (SSSR count). The van der Waals surface area contributed by atoms with E-state index in [1.165, 1.54) is 7.11 Å². The molecule has 1 aromatic heterocycles. The van der Waals surface area contributed by atoms with Gasteiger partial charge in [-0.25, -0.2) is 4.79 Å². The predicted molar refractivity (Wildman–Crippen MR) is 63.0 cm³/mol. The third kappa shape index (κ3) is 1.81. The van der Waals surface area contributed by atoms with Gasteiger partial charge in [0, 0.05) is 9.86 Å². The van der Waals surface area contributed by atoms with E-state index in [0.29, 0.717) is 10.1 Å². The highest BCUT2D eigenvalue weighted by Crippen LogP contribution is 2.33. The number of carbonyl (C=O) groups is 1. The molecule has 0 radical (unpaired) electrons. The molecule has 2 aromatic rings. The van der Waals surface area contributed by atoms with E-state index in [2.05, 4.69) is 36.6 Å². The smallest absolute Gasteiger partial charge is 0.375 e. The molecule has 0 bridgehead atoms. The van der Waals surface area contributed by atoms with Crippen LogP contribution in [0.15, 0.2) is 31.6 Å². The van der Waals surface area contributed by atoms with Gasteiger partial charge in [0.2, 0.25) is 5.76 Å². The van der Waals surface area contributed by atoms with Gasteiger partial charge in [-0.2, -0.15) is 0 Å². The minimum atomic E-state index is -0.491. The lowest BCUT2D eigenvalue weighted by molar-refractivity contribution is 0.0566. The highest BCUT2D eigenvalue weighted by atomic mass is 79.9. The van der Waals surface area contributed by atoms with E-state index >= 15 is 0 Å². The van der Waals surface area contributed by atoms with Crippen molar-refractivity contribution in [1.29, 1.82) is 0 Å². The topological polar surface area (TPSA) is 39.4 Å². The molecule has 0 N–H and O–H groups in total. The van der Waals surface area contributed by atoms with Gasteiger partial charge in [0.05, 0.1) is 11.6 Å². The van der Waals surface area contributed by atoms with E-state index in [0.717, 1.165) is 9.86 Å². The molecule has 0 aliphatic rings. The van der Waals surface area contributed by atoms with Crippen LogP contribution in [0, 0.1) is 0 Å².